The van der Waals surface area contributed by atoms with Crippen molar-refractivity contribution in [3.8, 4) is 10.6 Å². The van der Waals surface area contributed by atoms with Crippen LogP contribution in [0.3, 0.4) is 0 Å². The van der Waals surface area contributed by atoms with E-state index in [0.717, 1.165) is 0 Å². The number of rotatable bonds is 4. The van der Waals surface area contributed by atoms with Crippen LogP contribution in [0.15, 0.2) is 41.1 Å². The molecular formula is C18H12BrCl2N7OS. The summed E-state index contributed by atoms with van der Waals surface area (Å²) in [6, 6.07) is 8.35. The largest absolute Gasteiger partial charge is 0.374 e. The van der Waals surface area contributed by atoms with Gasteiger partial charge in [0.25, 0.3) is 5.91 Å². The Labute approximate surface area is 193 Å². The van der Waals surface area contributed by atoms with E-state index < -0.39 is 5.91 Å². The Hall–Kier alpha value is -2.53. The van der Waals surface area contributed by atoms with Crippen LogP contribution in [-0.4, -0.2) is 31.3 Å². The van der Waals surface area contributed by atoms with Gasteiger partial charge >= 0.3 is 0 Å². The van der Waals surface area contributed by atoms with E-state index in [0.29, 0.717) is 41.6 Å². The highest BCUT2D eigenvalue weighted by atomic mass is 79.9. The zero-order valence-corrected chi connectivity index (χ0v) is 19.1. The third-order valence-electron chi connectivity index (χ3n) is 4.09. The molecule has 8 nitrogen and oxygen atoms in total. The molecule has 0 unspecified atom stereocenters. The zero-order valence-electron chi connectivity index (χ0n) is 15.2. The number of aromatic amines is 1. The van der Waals surface area contributed by atoms with Crippen LogP contribution in [0.4, 0.5) is 16.6 Å². The van der Waals surface area contributed by atoms with E-state index in [9.17, 15) is 4.79 Å². The van der Waals surface area contributed by atoms with Gasteiger partial charge in [0.15, 0.2) is 10.8 Å². The second kappa shape index (κ2) is 8.31. The molecule has 0 saturated heterocycles. The molecule has 0 aliphatic rings. The standard InChI is InChI=1S/C18H12BrCl2N7OS/c1-8-5-9(20)6-10(16-26-27-18(22)30-16)14(8)28(15-11(21)3-2-4-23-15)17(29)12-7-13(19)25-24-12/h2-7H,1H3,(H2,22,27)(H,24,25). The molecule has 12 heteroatoms. The molecule has 0 fully saturated rings. The van der Waals surface area contributed by atoms with Crippen LogP contribution in [0.25, 0.3) is 10.6 Å². The molecule has 0 bridgehead atoms. The van der Waals surface area contributed by atoms with Crippen LogP contribution in [-0.2, 0) is 0 Å². The third kappa shape index (κ3) is 3.91. The number of aryl methyl sites for hydroxylation is 1. The number of pyridine rings is 1. The molecule has 3 aromatic heterocycles. The third-order valence-corrected chi connectivity index (χ3v) is 5.80. The summed E-state index contributed by atoms with van der Waals surface area (Å²) < 4.78 is 0.489. The van der Waals surface area contributed by atoms with Gasteiger partial charge in [-0.15, -0.1) is 10.2 Å². The summed E-state index contributed by atoms with van der Waals surface area (Å²) in [5.41, 5.74) is 7.81. The first kappa shape index (κ1) is 20.7. The highest BCUT2D eigenvalue weighted by Crippen LogP contribution is 2.42. The highest BCUT2D eigenvalue weighted by molar-refractivity contribution is 9.10. The molecule has 0 radical (unpaired) electrons. The number of amides is 1. The van der Waals surface area contributed by atoms with E-state index >= 15 is 0 Å². The molecule has 152 valence electrons. The quantitative estimate of drug-likeness (QED) is 0.376. The lowest BCUT2D eigenvalue weighted by atomic mass is 10.1. The van der Waals surface area contributed by atoms with E-state index in [1.165, 1.54) is 16.2 Å². The summed E-state index contributed by atoms with van der Waals surface area (Å²) in [4.78, 5) is 19.3. The van der Waals surface area contributed by atoms with Crippen molar-refractivity contribution >= 4 is 73.0 Å². The number of nitrogen functional groups attached to an aromatic ring is 1. The Morgan fingerprint density at radius 2 is 2.07 bits per heavy atom. The van der Waals surface area contributed by atoms with Crippen LogP contribution in [0, 0.1) is 6.92 Å². The number of hydrogen-bond donors (Lipinski definition) is 2. The first-order chi connectivity index (χ1) is 14.3. The smallest absolute Gasteiger partial charge is 0.282 e. The van der Waals surface area contributed by atoms with Crippen molar-refractivity contribution in [1.29, 1.82) is 0 Å². The molecule has 1 amide bonds. The number of nitrogens with zero attached hydrogens (tertiary/aromatic N) is 5. The van der Waals surface area contributed by atoms with Gasteiger partial charge in [-0.05, 0) is 52.7 Å². The molecule has 0 aliphatic heterocycles. The van der Waals surface area contributed by atoms with Gasteiger partial charge in [-0.2, -0.15) is 5.10 Å². The number of carbonyl (C=O) groups is 1. The number of carbonyl (C=O) groups excluding carboxylic acids is 1. The Bertz CT molecular complexity index is 1260. The van der Waals surface area contributed by atoms with Gasteiger partial charge in [0.05, 0.1) is 10.7 Å². The van der Waals surface area contributed by atoms with Crippen molar-refractivity contribution in [2.75, 3.05) is 10.6 Å². The summed E-state index contributed by atoms with van der Waals surface area (Å²) in [6.07, 6.45) is 1.55. The molecular weight excluding hydrogens is 513 g/mol. The molecule has 4 aromatic rings. The first-order valence-corrected chi connectivity index (χ1v) is 10.8. The molecule has 3 N–H and O–H groups in total. The molecule has 3 heterocycles. The maximum Gasteiger partial charge on any atom is 0.282 e. The van der Waals surface area contributed by atoms with Crippen LogP contribution in [0.5, 0.6) is 0 Å². The van der Waals surface area contributed by atoms with Gasteiger partial charge in [0, 0.05) is 22.8 Å². The minimum Gasteiger partial charge on any atom is -0.374 e. The van der Waals surface area contributed by atoms with E-state index in [2.05, 4.69) is 41.3 Å². The predicted octanol–water partition coefficient (Wildman–Crippen LogP) is 5.26. The van der Waals surface area contributed by atoms with Crippen LogP contribution in [0.2, 0.25) is 10.0 Å². The van der Waals surface area contributed by atoms with E-state index in [1.54, 1.807) is 36.5 Å². The molecule has 0 atom stereocenters. The summed E-state index contributed by atoms with van der Waals surface area (Å²) in [5.74, 6) is -0.169. The van der Waals surface area contributed by atoms with Gasteiger partial charge in [-0.25, -0.2) is 4.98 Å². The average molecular weight is 525 g/mol. The number of nitrogens with one attached hydrogen (secondary N) is 1. The Kier molecular flexibility index (Phi) is 5.74. The number of H-pyrrole nitrogens is 1. The average Bonchev–Trinajstić information content (AvgIpc) is 3.33. The van der Waals surface area contributed by atoms with Crippen molar-refractivity contribution in [2.45, 2.75) is 6.92 Å². The lowest BCUT2D eigenvalue weighted by molar-refractivity contribution is 0.0994. The van der Waals surface area contributed by atoms with Gasteiger partial charge < -0.3 is 5.73 Å². The van der Waals surface area contributed by atoms with E-state index in [1.807, 2.05) is 6.92 Å². The van der Waals surface area contributed by atoms with Crippen LogP contribution < -0.4 is 10.6 Å². The van der Waals surface area contributed by atoms with E-state index in [4.69, 9.17) is 28.9 Å². The highest BCUT2D eigenvalue weighted by Gasteiger charge is 2.29. The summed E-state index contributed by atoms with van der Waals surface area (Å²) in [5, 5.41) is 16.3. The van der Waals surface area contributed by atoms with Crippen molar-refractivity contribution in [3.63, 3.8) is 0 Å². The van der Waals surface area contributed by atoms with Gasteiger partial charge in [0.1, 0.15) is 10.3 Å². The minimum atomic E-state index is -0.419. The molecule has 4 rings (SSSR count). The van der Waals surface area contributed by atoms with Crippen LogP contribution in [0.1, 0.15) is 16.1 Å². The van der Waals surface area contributed by atoms with E-state index in [-0.39, 0.29) is 11.5 Å². The zero-order chi connectivity index (χ0) is 21.4. The molecule has 0 saturated carbocycles. The summed E-state index contributed by atoms with van der Waals surface area (Å²) >= 11 is 17.2. The maximum absolute atomic E-state index is 13.6. The number of aromatic nitrogens is 5. The molecule has 0 aliphatic carbocycles. The van der Waals surface area contributed by atoms with Crippen LogP contribution >= 0.6 is 50.5 Å². The Morgan fingerprint density at radius 3 is 2.70 bits per heavy atom. The number of halogens is 3. The SMILES string of the molecule is Cc1cc(Cl)cc(-c2nnc(N)s2)c1N(C(=O)c1cc(Br)n[nH]1)c1ncccc1Cl. The Balaban J connectivity index is 2.01. The first-order valence-electron chi connectivity index (χ1n) is 8.40. The van der Waals surface area contributed by atoms with Gasteiger partial charge in [-0.1, -0.05) is 34.5 Å². The fraction of sp³-hybridized carbons (Fsp3) is 0.0556. The summed E-state index contributed by atoms with van der Waals surface area (Å²) in [6.45, 7) is 1.83. The Morgan fingerprint density at radius 1 is 1.27 bits per heavy atom. The second-order valence-corrected chi connectivity index (χ2v) is 8.78. The van der Waals surface area contributed by atoms with Crippen molar-refractivity contribution < 1.29 is 4.79 Å². The van der Waals surface area contributed by atoms with Crippen molar-refractivity contribution in [3.05, 3.63) is 62.4 Å². The molecule has 30 heavy (non-hydrogen) atoms. The number of hydrogen-bond acceptors (Lipinski definition) is 7. The van der Waals surface area contributed by atoms with Gasteiger partial charge in [-0.3, -0.25) is 14.8 Å². The van der Waals surface area contributed by atoms with Gasteiger partial charge in [0.2, 0.25) is 5.13 Å². The predicted molar refractivity (Wildman–Crippen MR) is 122 cm³/mol. The number of nitrogens with two attached hydrogens (primary N) is 1. The number of anilines is 3. The maximum atomic E-state index is 13.6. The lowest BCUT2D eigenvalue weighted by Crippen LogP contribution is -2.28. The lowest BCUT2D eigenvalue weighted by Gasteiger charge is -2.26. The number of benzene rings is 1. The molecule has 0 spiro atoms. The second-order valence-electron chi connectivity index (χ2n) is 6.12. The monoisotopic (exact) mass is 523 g/mol. The minimum absolute atomic E-state index is 0.237. The normalized spacial score (nSPS) is 10.9. The topological polar surface area (TPSA) is 114 Å². The van der Waals surface area contributed by atoms with Crippen molar-refractivity contribution in [2.24, 2.45) is 0 Å². The fourth-order valence-corrected chi connectivity index (χ4v) is 4.33. The summed E-state index contributed by atoms with van der Waals surface area (Å²) in [7, 11) is 0. The van der Waals surface area contributed by atoms with Crippen molar-refractivity contribution in [1.82, 2.24) is 25.4 Å². The molecule has 1 aromatic carbocycles. The fourth-order valence-electron chi connectivity index (χ4n) is 2.91.